The molecule has 2 fully saturated rings. The van der Waals surface area contributed by atoms with E-state index in [2.05, 4.69) is 46.0 Å². The minimum Gasteiger partial charge on any atom is -0.566 e. The number of anilines is 1. The highest BCUT2D eigenvalue weighted by atomic mass is 31.1. The number of benzene rings is 3. The van der Waals surface area contributed by atoms with E-state index in [9.17, 15) is 24.2 Å². The van der Waals surface area contributed by atoms with E-state index in [1.807, 2.05) is 101 Å². The minimum atomic E-state index is -3.68. The summed E-state index contributed by atoms with van der Waals surface area (Å²) in [6.45, 7) is 19.2. The molecule has 4 N–H and O–H groups in total. The number of fused-ring (bicyclic) bond motifs is 2. The molecule has 5 heterocycles. The molecule has 3 aliphatic heterocycles. The molecule has 3 aromatic carbocycles. The molecule has 370 valence electrons. The van der Waals surface area contributed by atoms with Gasteiger partial charge in [0.1, 0.15) is 11.9 Å². The summed E-state index contributed by atoms with van der Waals surface area (Å²) in [5.74, 6) is -1.49. The van der Waals surface area contributed by atoms with E-state index in [1.54, 1.807) is 29.2 Å². The van der Waals surface area contributed by atoms with Crippen LogP contribution in [-0.2, 0) is 27.5 Å². The van der Waals surface area contributed by atoms with E-state index < -0.39 is 70.7 Å². The highest BCUT2D eigenvalue weighted by molar-refractivity contribution is 7.30. The second-order valence-electron chi connectivity index (χ2n) is 20.3. The standard InChI is InChI=1S/C40H50N5O10PSi2.C9H16N2/c1-38(2,3)57(7,8)54-33-36(45-26-41-32-34(45)43-37(44-35(32)47)42-31(46)25-51-27-18-12-9-13-19-27)53-30(40(33,48)55-56(49)50)24-52-58(39(4,5)6,28-20-14-10-15-21-28)29-22-16-11-17-23-29;1-2-5-9-10-6-4-8-11(9)7-3-1/h9-23,26,30,33,36,48H,24-25H2,1-8H3,(H2,42,43,44,46,47);1-8H2/p+1/t30-,33+,36-,40+;/m1./s1. The molecule has 69 heavy (non-hydrogen) atoms. The van der Waals surface area contributed by atoms with E-state index in [4.69, 9.17) is 22.8 Å². The second-order valence-corrected chi connectivity index (χ2v) is 30.0. The molecular formula is C49H67N7O10PSi2+. The Labute approximate surface area is 406 Å². The molecule has 0 radical (unpaired) electrons. The van der Waals surface area contributed by atoms with Crippen LogP contribution in [0, 0.1) is 0 Å². The number of nitrogens with zero attached hydrogens (tertiary/aromatic N) is 4. The zero-order valence-electron chi connectivity index (χ0n) is 40.9. The van der Waals surface area contributed by atoms with Gasteiger partial charge in [-0.25, -0.2) is 9.98 Å². The van der Waals surface area contributed by atoms with Gasteiger partial charge in [0.2, 0.25) is 5.95 Å². The monoisotopic (exact) mass is 1000 g/mol. The first-order chi connectivity index (χ1) is 32.7. The van der Waals surface area contributed by atoms with Crippen LogP contribution in [0.15, 0.2) is 107 Å². The third kappa shape index (κ3) is 11.7. The van der Waals surface area contributed by atoms with Crippen molar-refractivity contribution >= 4 is 64.1 Å². The van der Waals surface area contributed by atoms with E-state index in [0.717, 1.165) is 16.9 Å². The molecule has 5 aromatic rings. The lowest BCUT2D eigenvalue weighted by Gasteiger charge is -2.44. The van der Waals surface area contributed by atoms with Gasteiger partial charge in [0, 0.05) is 19.4 Å². The van der Waals surface area contributed by atoms with Gasteiger partial charge in [-0.2, -0.15) is 4.98 Å². The maximum atomic E-state index is 13.4. The smallest absolute Gasteiger partial charge is 0.491 e. The molecule has 17 nitrogen and oxygen atoms in total. The van der Waals surface area contributed by atoms with Crippen molar-refractivity contribution in [1.82, 2.24) is 19.5 Å². The van der Waals surface area contributed by atoms with Gasteiger partial charge in [0.25, 0.3) is 25.6 Å². The number of hydrogen-bond acceptors (Lipinski definition) is 13. The van der Waals surface area contributed by atoms with Crippen molar-refractivity contribution in [1.29, 1.82) is 0 Å². The van der Waals surface area contributed by atoms with Gasteiger partial charge in [-0.15, -0.1) is 4.52 Å². The number of para-hydroxylation sites is 1. The maximum Gasteiger partial charge on any atom is 0.491 e. The molecule has 1 amide bonds. The first-order valence-electron chi connectivity index (χ1n) is 23.7. The van der Waals surface area contributed by atoms with Crippen molar-refractivity contribution in [3.05, 3.63) is 108 Å². The van der Waals surface area contributed by atoms with Crippen LogP contribution < -0.4 is 35.8 Å². The van der Waals surface area contributed by atoms with Crippen molar-refractivity contribution in [2.75, 3.05) is 38.2 Å². The van der Waals surface area contributed by atoms with Crippen LogP contribution in [0.25, 0.3) is 11.2 Å². The zero-order valence-corrected chi connectivity index (χ0v) is 43.8. The van der Waals surface area contributed by atoms with Crippen LogP contribution in [0.4, 0.5) is 5.95 Å². The summed E-state index contributed by atoms with van der Waals surface area (Å²) in [6, 6.07) is 28.4. The molecule has 8 rings (SSSR count). The third-order valence-electron chi connectivity index (χ3n) is 13.6. The van der Waals surface area contributed by atoms with Gasteiger partial charge < -0.3 is 28.3 Å². The van der Waals surface area contributed by atoms with E-state index in [-0.39, 0.29) is 30.3 Å². The van der Waals surface area contributed by atoms with Crippen LogP contribution >= 0.6 is 8.25 Å². The van der Waals surface area contributed by atoms with Crippen LogP contribution in [-0.4, -0.2) is 104 Å². The Hall–Kier alpha value is -4.80. The molecule has 3 aliphatic rings. The minimum absolute atomic E-state index is 0.0423. The van der Waals surface area contributed by atoms with Gasteiger partial charge in [0.05, 0.1) is 26.0 Å². The molecule has 2 aromatic heterocycles. The molecule has 2 saturated heterocycles. The Bertz CT molecular complexity index is 2590. The summed E-state index contributed by atoms with van der Waals surface area (Å²) in [6.07, 6.45) is 3.74. The summed E-state index contributed by atoms with van der Waals surface area (Å²) in [4.78, 5) is 56.4. The predicted molar refractivity (Wildman–Crippen MR) is 268 cm³/mol. The quantitative estimate of drug-likeness (QED) is 0.0659. The number of ether oxygens (including phenoxy) is 2. The fraction of sp³-hybridized carbons (Fsp3) is 0.490. The Balaban J connectivity index is 0.000000556. The van der Waals surface area contributed by atoms with Gasteiger partial charge in [-0.3, -0.25) is 29.4 Å². The van der Waals surface area contributed by atoms with E-state index >= 15 is 0 Å². The number of hydrogen-bond donors (Lipinski definition) is 4. The lowest BCUT2D eigenvalue weighted by atomic mass is 10.1. The summed E-state index contributed by atoms with van der Waals surface area (Å²) < 4.78 is 45.6. The SMILES string of the molecule is C1CCC2=NCCC[NH+]2CC1.CC(C)(C)[Si](C)(C)O[C@H]1[C@H](n2cnc3c(=O)[nH]c(NC(=O)COc4ccccc4)nc32)O[C@H](CO[Si](c2ccccc2)(c2ccccc2)C(C)(C)C)[C@]1(O)O[P+](=O)[O-]. The fourth-order valence-electron chi connectivity index (χ4n) is 9.02. The third-order valence-corrected chi connectivity index (χ3v) is 23.5. The molecule has 6 atom stereocenters. The number of carbonyl (C=O) groups is 1. The summed E-state index contributed by atoms with van der Waals surface area (Å²) in [5.41, 5.74) is -0.831. The summed E-state index contributed by atoms with van der Waals surface area (Å²) in [7, 11) is -9.82. The first-order valence-corrected chi connectivity index (χ1v) is 29.6. The number of quaternary nitrogens is 1. The number of aliphatic hydroxyl groups is 1. The van der Waals surface area contributed by atoms with Gasteiger partial charge >= 0.3 is 8.25 Å². The number of H-pyrrole nitrogens is 1. The largest absolute Gasteiger partial charge is 0.566 e. The van der Waals surface area contributed by atoms with Crippen molar-refractivity contribution in [3.8, 4) is 5.75 Å². The van der Waals surface area contributed by atoms with Crippen molar-refractivity contribution < 1.29 is 47.1 Å². The number of aromatic amines is 1. The number of nitrogens with one attached hydrogen (secondary N) is 3. The molecule has 0 bridgehead atoms. The predicted octanol–water partition coefficient (Wildman–Crippen LogP) is 4.97. The normalized spacial score (nSPS) is 22.4. The number of aliphatic imine (C=N–C) groups is 1. The average molecular weight is 1000 g/mol. The van der Waals surface area contributed by atoms with Crippen LogP contribution in [0.5, 0.6) is 5.75 Å². The summed E-state index contributed by atoms with van der Waals surface area (Å²) >= 11 is 0. The van der Waals surface area contributed by atoms with Gasteiger partial charge in [-0.1, -0.05) is 120 Å². The van der Waals surface area contributed by atoms with Crippen LogP contribution in [0.3, 0.4) is 0 Å². The highest BCUT2D eigenvalue weighted by Crippen LogP contribution is 2.49. The Kier molecular flexibility index (Phi) is 16.4. The summed E-state index contributed by atoms with van der Waals surface area (Å²) in [5, 5.41) is 16.2. The van der Waals surface area contributed by atoms with Gasteiger partial charge in [-0.05, 0) is 69.5 Å². The molecule has 2 unspecified atom stereocenters. The van der Waals surface area contributed by atoms with Crippen LogP contribution in [0.1, 0.15) is 79.9 Å². The van der Waals surface area contributed by atoms with E-state index in [0.29, 0.717) is 5.75 Å². The topological polar surface area (TPSA) is 216 Å². The van der Waals surface area contributed by atoms with Crippen LogP contribution in [0.2, 0.25) is 23.2 Å². The van der Waals surface area contributed by atoms with Crippen molar-refractivity contribution in [2.45, 2.75) is 121 Å². The molecular weight excluding hydrogens is 934 g/mol. The van der Waals surface area contributed by atoms with Crippen molar-refractivity contribution in [3.63, 3.8) is 0 Å². The van der Waals surface area contributed by atoms with Crippen molar-refractivity contribution in [2.24, 2.45) is 4.99 Å². The van der Waals surface area contributed by atoms with Gasteiger partial charge in [0.15, 0.2) is 44.3 Å². The Morgan fingerprint density at radius 2 is 1.57 bits per heavy atom. The number of aromatic nitrogens is 4. The zero-order chi connectivity index (χ0) is 49.6. The molecule has 0 spiro atoms. The Morgan fingerprint density at radius 3 is 2.17 bits per heavy atom. The average Bonchev–Trinajstić information content (AvgIpc) is 3.72. The molecule has 0 saturated carbocycles. The molecule has 0 aliphatic carbocycles. The molecule has 20 heteroatoms. The number of imidazole rings is 1. The first kappa shape index (κ1) is 52.0. The maximum absolute atomic E-state index is 13.4. The number of rotatable bonds is 14. The Morgan fingerprint density at radius 1 is 0.942 bits per heavy atom. The second kappa shape index (κ2) is 21.7. The lowest BCUT2D eigenvalue weighted by Crippen LogP contribution is -3.15. The number of carbonyl (C=O) groups excluding carboxylic acids is 1. The van der Waals surface area contributed by atoms with E-state index in [1.165, 1.54) is 61.9 Å². The highest BCUT2D eigenvalue weighted by Gasteiger charge is 2.65. The lowest BCUT2D eigenvalue weighted by molar-refractivity contribution is -0.809. The fourth-order valence-corrected chi connectivity index (χ4v) is 15.3. The number of amidine groups is 1. The number of amides is 1.